The van der Waals surface area contributed by atoms with Crippen molar-refractivity contribution in [2.45, 2.75) is 30.6 Å². The predicted molar refractivity (Wildman–Crippen MR) is 40.8 cm³/mol. The summed E-state index contributed by atoms with van der Waals surface area (Å²) in [5, 5.41) is 38.3. The molecule has 0 saturated carbocycles. The number of hydrogen-bond acceptors (Lipinski definition) is 6. The van der Waals surface area contributed by atoms with E-state index >= 15 is 0 Å². The first-order valence-electron chi connectivity index (χ1n) is 6.67. The maximum absolute atomic E-state index is 9.88. The molecular weight excluding hydrogens is 180 g/mol. The summed E-state index contributed by atoms with van der Waals surface area (Å²) in [6, 6.07) is 0. The molecule has 1 rings (SSSR count). The van der Waals surface area contributed by atoms with Crippen molar-refractivity contribution < 1.29 is 39.5 Å². The summed E-state index contributed by atoms with van der Waals surface area (Å²) in [7, 11) is 0.612. The van der Waals surface area contributed by atoms with Crippen LogP contribution >= 0.6 is 0 Å². The molecule has 0 unspecified atom stereocenters. The molecule has 1 heterocycles. The third kappa shape index (κ3) is 1.98. The van der Waals surface area contributed by atoms with Gasteiger partial charge < -0.3 is 29.9 Å². The van der Waals surface area contributed by atoms with Crippen LogP contribution in [0, 0.1) is 0 Å². The van der Waals surface area contributed by atoms with Gasteiger partial charge in [-0.1, -0.05) is 0 Å². The van der Waals surface area contributed by atoms with Crippen molar-refractivity contribution in [2.75, 3.05) is 13.7 Å². The Morgan fingerprint density at radius 3 is 2.54 bits per heavy atom. The number of methoxy groups -OCH3 is 1. The highest BCUT2D eigenvalue weighted by Crippen LogP contribution is 2.21. The quantitative estimate of drug-likeness (QED) is 0.392. The second-order valence-corrected chi connectivity index (χ2v) is 2.08. The normalized spacial score (nSPS) is 83.6. The fourth-order valence-corrected chi connectivity index (χ4v) is 0.775. The van der Waals surface area contributed by atoms with E-state index in [2.05, 4.69) is 9.47 Å². The number of rotatable bonds is 2. The lowest BCUT2D eigenvalue weighted by atomic mass is 9.99. The lowest BCUT2D eigenvalue weighted by molar-refractivity contribution is -0.290. The van der Waals surface area contributed by atoms with E-state index in [4.69, 9.17) is 9.60 Å². The van der Waals surface area contributed by atoms with Gasteiger partial charge in [-0.15, -0.1) is 0 Å². The summed E-state index contributed by atoms with van der Waals surface area (Å²) in [4.78, 5) is 0. The van der Waals surface area contributed by atoms with Gasteiger partial charge in [0.15, 0.2) is 6.27 Å². The van der Waals surface area contributed by atoms with Crippen LogP contribution in [-0.4, -0.2) is 64.7 Å². The van der Waals surface area contributed by atoms with Gasteiger partial charge in [-0.3, -0.25) is 0 Å². The second kappa shape index (κ2) is 4.32. The largest absolute Gasteiger partial charge is 0.394 e. The average molecular weight is 201 g/mol. The zero-order valence-electron chi connectivity index (χ0n) is 13.6. The first-order chi connectivity index (χ1) is 8.52. The minimum atomic E-state index is -3.89. The van der Waals surface area contributed by atoms with Gasteiger partial charge in [0.25, 0.3) is 0 Å². The van der Waals surface area contributed by atoms with Gasteiger partial charge in [0, 0.05) is 7.11 Å². The lowest BCUT2D eigenvalue weighted by Gasteiger charge is -2.39. The first kappa shape index (κ1) is 4.52. The van der Waals surface area contributed by atoms with Crippen molar-refractivity contribution in [3.05, 3.63) is 0 Å². The van der Waals surface area contributed by atoms with E-state index in [9.17, 15) is 20.4 Å². The number of ether oxygens (including phenoxy) is 2. The minimum absolute atomic E-state index is 0.612. The molecule has 13 heavy (non-hydrogen) atoms. The molecule has 0 aliphatic carbocycles. The SMILES string of the molecule is [2H]C([2H])(O)[C@@]1([2H])O[C@]([2H])(O)[C@]([2H])(O)[C@@]([2H])(OC)[C@]1([2H])O. The Morgan fingerprint density at radius 1 is 1.46 bits per heavy atom. The highest BCUT2D eigenvalue weighted by atomic mass is 16.6. The minimum Gasteiger partial charge on any atom is -0.394 e. The number of aliphatic hydroxyl groups is 4. The molecular formula is C7H14O6. The van der Waals surface area contributed by atoms with Crippen molar-refractivity contribution in [2.24, 2.45) is 0 Å². The van der Waals surface area contributed by atoms with Crippen LogP contribution in [0.15, 0.2) is 0 Å². The Morgan fingerprint density at radius 2 is 2.08 bits per heavy atom. The predicted octanol–water partition coefficient (Wildman–Crippen LogP) is -2.57. The summed E-state index contributed by atoms with van der Waals surface area (Å²) in [6.07, 6.45) is -19.0. The third-order valence-corrected chi connectivity index (χ3v) is 1.35. The van der Waals surface area contributed by atoms with Crippen LogP contribution in [0.3, 0.4) is 0 Å². The molecule has 0 radical (unpaired) electrons. The molecule has 78 valence electrons. The van der Waals surface area contributed by atoms with Crippen LogP contribution in [0.25, 0.3) is 0 Å². The monoisotopic (exact) mass is 201 g/mol. The van der Waals surface area contributed by atoms with Gasteiger partial charge in [0.1, 0.15) is 24.3 Å². The highest BCUT2D eigenvalue weighted by molar-refractivity contribution is 4.89. The van der Waals surface area contributed by atoms with Gasteiger partial charge in [0.2, 0.25) is 0 Å². The van der Waals surface area contributed by atoms with Crippen LogP contribution in [-0.2, 0) is 9.47 Å². The summed E-state index contributed by atoms with van der Waals surface area (Å²) in [5.41, 5.74) is 0. The van der Waals surface area contributed by atoms with Crippen LogP contribution in [0.1, 0.15) is 9.60 Å². The van der Waals surface area contributed by atoms with Gasteiger partial charge in [-0.2, -0.15) is 0 Å². The zero-order valence-corrected chi connectivity index (χ0v) is 6.61. The van der Waals surface area contributed by atoms with Crippen molar-refractivity contribution >= 4 is 0 Å². The van der Waals surface area contributed by atoms with Crippen molar-refractivity contribution in [3.63, 3.8) is 0 Å². The lowest BCUT2D eigenvalue weighted by Crippen LogP contribution is -2.59. The van der Waals surface area contributed by atoms with E-state index < -0.39 is 37.1 Å². The van der Waals surface area contributed by atoms with Crippen LogP contribution < -0.4 is 0 Å². The highest BCUT2D eigenvalue weighted by Gasteiger charge is 2.43. The maximum atomic E-state index is 9.88. The van der Waals surface area contributed by atoms with E-state index in [1.165, 1.54) is 0 Å². The molecule has 6 nitrogen and oxygen atoms in total. The van der Waals surface area contributed by atoms with Gasteiger partial charge in [-0.25, -0.2) is 0 Å². The molecule has 0 aromatic carbocycles. The van der Waals surface area contributed by atoms with Gasteiger partial charge in [-0.05, 0) is 0 Å². The molecule has 0 aromatic heterocycles. The summed E-state index contributed by atoms with van der Waals surface area (Å²) >= 11 is 0. The van der Waals surface area contributed by atoms with E-state index in [0.29, 0.717) is 7.11 Å². The smallest absolute Gasteiger partial charge is 0.184 e. The van der Waals surface area contributed by atoms with Crippen LogP contribution in [0.4, 0.5) is 0 Å². The Balaban J connectivity index is 3.67. The maximum Gasteiger partial charge on any atom is 0.184 e. The van der Waals surface area contributed by atoms with Crippen molar-refractivity contribution in [1.29, 1.82) is 0 Å². The zero-order chi connectivity index (χ0) is 16.4. The molecule has 4 N–H and O–H groups in total. The standard InChI is InChI=1S/C7H14O6/c1-12-6-4(9)3(2-8)13-7(11)5(6)10/h3-11H,2H2,1H3/t3-,4-,5-,6+,7+/m1/s1/i2D2,3D,4D,5D,6D,7D. The molecule has 0 aromatic rings. The Labute approximate surface area is 85.2 Å². The molecule has 1 aliphatic rings. The molecule has 0 spiro atoms. The Kier molecular flexibility index (Phi) is 1.50. The van der Waals surface area contributed by atoms with Gasteiger partial charge in [0.05, 0.1) is 16.2 Å². The van der Waals surface area contributed by atoms with E-state index in [1.54, 1.807) is 0 Å². The van der Waals surface area contributed by atoms with Crippen molar-refractivity contribution in [3.8, 4) is 0 Å². The van der Waals surface area contributed by atoms with Crippen LogP contribution in [0.5, 0.6) is 0 Å². The molecule has 5 atom stereocenters. The molecule has 0 amide bonds. The Bertz CT molecular complexity index is 403. The fourth-order valence-electron chi connectivity index (χ4n) is 0.775. The Hall–Kier alpha value is -0.240. The molecule has 1 fully saturated rings. The topological polar surface area (TPSA) is 99.4 Å². The van der Waals surface area contributed by atoms with Gasteiger partial charge >= 0.3 is 0 Å². The van der Waals surface area contributed by atoms with E-state index in [1.807, 2.05) is 0 Å². The van der Waals surface area contributed by atoms with E-state index in [0.717, 1.165) is 0 Å². The number of hydrogen-bond donors (Lipinski definition) is 4. The molecule has 0 bridgehead atoms. The average Bonchev–Trinajstić information content (AvgIpc) is 2.23. The van der Waals surface area contributed by atoms with Crippen molar-refractivity contribution in [1.82, 2.24) is 0 Å². The molecule has 1 saturated heterocycles. The first-order valence-corrected chi connectivity index (χ1v) is 3.17. The summed E-state index contributed by atoms with van der Waals surface area (Å²) < 4.78 is 59.4. The van der Waals surface area contributed by atoms with E-state index in [-0.39, 0.29) is 0 Å². The van der Waals surface area contributed by atoms with Crippen LogP contribution in [0.2, 0.25) is 0 Å². The summed E-state index contributed by atoms with van der Waals surface area (Å²) in [5.74, 6) is 0. The molecule has 1 aliphatic heterocycles. The second-order valence-electron chi connectivity index (χ2n) is 2.08. The summed E-state index contributed by atoms with van der Waals surface area (Å²) in [6.45, 7) is -3.85. The molecule has 6 heteroatoms. The fraction of sp³-hybridized carbons (Fsp3) is 1.00. The third-order valence-electron chi connectivity index (χ3n) is 1.35.